The van der Waals surface area contributed by atoms with Gasteiger partial charge in [0.05, 0.1) is 12.1 Å². The Morgan fingerprint density at radius 1 is 1.20 bits per heavy atom. The lowest BCUT2D eigenvalue weighted by Crippen LogP contribution is -3.00. The number of carbonyl (C=O) groups excluding carboxylic acids is 1. The Morgan fingerprint density at radius 2 is 1.85 bits per heavy atom. The van der Waals surface area contributed by atoms with Crippen molar-refractivity contribution < 1.29 is 26.3 Å². The number of pyridine rings is 1. The minimum atomic E-state index is 0. The monoisotopic (exact) mass is 398 g/mol. The van der Waals surface area contributed by atoms with E-state index < -0.39 is 0 Å². The van der Waals surface area contributed by atoms with Gasteiger partial charge in [0, 0.05) is 16.6 Å². The summed E-state index contributed by atoms with van der Waals surface area (Å²) in [5, 5.41) is 2.89. The van der Waals surface area contributed by atoms with Crippen LogP contribution in [0.2, 0.25) is 0 Å². The number of nitrogens with one attached hydrogen (secondary N) is 1. The molecule has 0 aliphatic rings. The van der Waals surface area contributed by atoms with Gasteiger partial charge in [0.15, 0.2) is 18.9 Å². The number of aryl methyl sites for hydroxylation is 2. The van der Waals surface area contributed by atoms with Crippen molar-refractivity contribution in [3.8, 4) is 0 Å². The smallest absolute Gasteiger partial charge is 0.230 e. The molecule has 0 aliphatic carbocycles. The molecule has 0 unspecified atom stereocenters. The van der Waals surface area contributed by atoms with Crippen LogP contribution in [0.25, 0.3) is 0 Å². The minimum absolute atomic E-state index is 0. The number of rotatable bonds is 4. The van der Waals surface area contributed by atoms with Crippen LogP contribution in [0.4, 0.5) is 5.69 Å². The summed E-state index contributed by atoms with van der Waals surface area (Å²) in [5.74, 6) is 0.0139. The molecule has 3 nitrogen and oxygen atoms in total. The van der Waals surface area contributed by atoms with E-state index in [4.69, 9.17) is 0 Å². The quantitative estimate of drug-likeness (QED) is 0.725. The number of hydrogen-bond donors (Lipinski definition) is 1. The molecule has 0 aliphatic heterocycles. The van der Waals surface area contributed by atoms with Crippen LogP contribution in [0, 0.1) is 6.92 Å². The molecule has 1 N–H and O–H groups in total. The molecular formula is C15H16Br2N2O. The molecule has 1 amide bonds. The average Bonchev–Trinajstić information content (AvgIpc) is 2.41. The molecule has 1 aromatic heterocycles. The first-order valence-corrected chi connectivity index (χ1v) is 6.94. The van der Waals surface area contributed by atoms with Gasteiger partial charge in [-0.3, -0.25) is 4.79 Å². The van der Waals surface area contributed by atoms with Gasteiger partial charge in [-0.1, -0.05) is 12.1 Å². The van der Waals surface area contributed by atoms with E-state index in [-0.39, 0.29) is 22.9 Å². The Bertz CT molecular complexity index is 570. The zero-order chi connectivity index (χ0) is 13.7. The van der Waals surface area contributed by atoms with Gasteiger partial charge in [-0.2, -0.15) is 0 Å². The number of hydrogen-bond acceptors (Lipinski definition) is 1. The fourth-order valence-electron chi connectivity index (χ4n) is 1.69. The summed E-state index contributed by atoms with van der Waals surface area (Å²) in [4.78, 5) is 11.9. The van der Waals surface area contributed by atoms with Crippen molar-refractivity contribution in [3.05, 3.63) is 58.8 Å². The second-order valence-corrected chi connectivity index (χ2v) is 5.25. The maximum absolute atomic E-state index is 11.9. The lowest BCUT2D eigenvalue weighted by molar-refractivity contribution is -0.695. The van der Waals surface area contributed by atoms with E-state index in [1.54, 1.807) is 0 Å². The van der Waals surface area contributed by atoms with Crippen LogP contribution in [0.15, 0.2) is 53.3 Å². The third kappa shape index (κ3) is 5.06. The molecule has 1 heterocycles. The third-order valence-corrected chi connectivity index (χ3v) is 3.49. The van der Waals surface area contributed by atoms with E-state index in [0.29, 0.717) is 13.0 Å². The number of carbonyl (C=O) groups is 1. The van der Waals surface area contributed by atoms with Crippen LogP contribution in [0.3, 0.4) is 0 Å². The van der Waals surface area contributed by atoms with Gasteiger partial charge in [0.25, 0.3) is 0 Å². The first-order valence-electron chi connectivity index (χ1n) is 6.15. The van der Waals surface area contributed by atoms with E-state index in [9.17, 15) is 4.79 Å². The lowest BCUT2D eigenvalue weighted by Gasteiger charge is -2.05. The number of nitrogens with zero attached hydrogens (tertiary/aromatic N) is 1. The first-order chi connectivity index (χ1) is 9.15. The highest BCUT2D eigenvalue weighted by atomic mass is 79.9. The van der Waals surface area contributed by atoms with Gasteiger partial charge in [-0.15, -0.1) is 0 Å². The highest BCUT2D eigenvalue weighted by Crippen LogP contribution is 2.21. The summed E-state index contributed by atoms with van der Waals surface area (Å²) < 4.78 is 2.90. The van der Waals surface area contributed by atoms with Gasteiger partial charge >= 0.3 is 0 Å². The second-order valence-electron chi connectivity index (χ2n) is 4.39. The first kappa shape index (κ1) is 16.9. The Morgan fingerprint density at radius 3 is 2.50 bits per heavy atom. The molecule has 2 aromatic rings. The zero-order valence-corrected chi connectivity index (χ0v) is 14.3. The Balaban J connectivity index is 0.00000200. The summed E-state index contributed by atoms with van der Waals surface area (Å²) in [7, 11) is 0. The number of halogens is 2. The fourth-order valence-corrected chi connectivity index (χ4v) is 2.07. The number of benzene rings is 1. The van der Waals surface area contributed by atoms with Crippen LogP contribution in [-0.2, 0) is 11.3 Å². The predicted molar refractivity (Wildman–Crippen MR) is 78.8 cm³/mol. The molecule has 0 saturated carbocycles. The van der Waals surface area contributed by atoms with Gasteiger partial charge in [0.1, 0.15) is 0 Å². The van der Waals surface area contributed by atoms with Crippen molar-refractivity contribution in [2.75, 3.05) is 5.32 Å². The van der Waals surface area contributed by atoms with Crippen LogP contribution in [0.5, 0.6) is 0 Å². The number of aromatic nitrogens is 1. The topological polar surface area (TPSA) is 33.0 Å². The molecule has 0 saturated heterocycles. The fraction of sp³-hybridized carbons (Fsp3) is 0.200. The SMILES string of the molecule is Cc1cc[n+](CCC(=O)Nc2ccccc2Br)cc1.[Br-]. The highest BCUT2D eigenvalue weighted by Gasteiger charge is 2.08. The van der Waals surface area contributed by atoms with Gasteiger partial charge < -0.3 is 22.3 Å². The van der Waals surface area contributed by atoms with Crippen molar-refractivity contribution in [3.63, 3.8) is 0 Å². The van der Waals surface area contributed by atoms with E-state index in [2.05, 4.69) is 21.2 Å². The Hall–Kier alpha value is -1.20. The van der Waals surface area contributed by atoms with E-state index in [1.807, 2.05) is 60.3 Å². The molecule has 0 radical (unpaired) electrons. The molecule has 2 rings (SSSR count). The van der Waals surface area contributed by atoms with E-state index in [0.717, 1.165) is 10.2 Å². The maximum atomic E-state index is 11.9. The lowest BCUT2D eigenvalue weighted by atomic mass is 10.3. The number of amides is 1. The zero-order valence-electron chi connectivity index (χ0n) is 11.1. The van der Waals surface area contributed by atoms with Crippen molar-refractivity contribution >= 4 is 27.5 Å². The van der Waals surface area contributed by atoms with Crippen molar-refractivity contribution in [1.29, 1.82) is 0 Å². The van der Waals surface area contributed by atoms with Crippen LogP contribution < -0.4 is 26.9 Å². The number of para-hydroxylation sites is 1. The normalized spacial score (nSPS) is 9.70. The van der Waals surface area contributed by atoms with Crippen molar-refractivity contribution in [2.24, 2.45) is 0 Å². The Labute approximate surface area is 137 Å². The molecule has 0 bridgehead atoms. The third-order valence-electron chi connectivity index (χ3n) is 2.80. The van der Waals surface area contributed by atoms with Gasteiger partial charge in [0.2, 0.25) is 5.91 Å². The maximum Gasteiger partial charge on any atom is 0.230 e. The van der Waals surface area contributed by atoms with Gasteiger partial charge in [-0.25, -0.2) is 4.57 Å². The molecule has 106 valence electrons. The molecule has 20 heavy (non-hydrogen) atoms. The average molecular weight is 400 g/mol. The summed E-state index contributed by atoms with van der Waals surface area (Å²) in [6, 6.07) is 11.7. The summed E-state index contributed by atoms with van der Waals surface area (Å²) in [5.41, 5.74) is 2.02. The van der Waals surface area contributed by atoms with Crippen LogP contribution in [0.1, 0.15) is 12.0 Å². The van der Waals surface area contributed by atoms with Crippen molar-refractivity contribution in [1.82, 2.24) is 0 Å². The largest absolute Gasteiger partial charge is 1.00 e. The highest BCUT2D eigenvalue weighted by molar-refractivity contribution is 9.10. The van der Waals surface area contributed by atoms with E-state index >= 15 is 0 Å². The molecule has 0 spiro atoms. The molecule has 5 heteroatoms. The molecular weight excluding hydrogens is 384 g/mol. The second kappa shape index (κ2) is 8.17. The summed E-state index contributed by atoms with van der Waals surface area (Å²) >= 11 is 3.41. The molecule has 0 atom stereocenters. The minimum Gasteiger partial charge on any atom is -1.00 e. The van der Waals surface area contributed by atoms with Crippen LogP contribution in [-0.4, -0.2) is 5.91 Å². The van der Waals surface area contributed by atoms with Crippen LogP contribution >= 0.6 is 15.9 Å². The predicted octanol–water partition coefficient (Wildman–Crippen LogP) is 0.0778. The van der Waals surface area contributed by atoms with Crippen molar-refractivity contribution in [2.45, 2.75) is 19.9 Å². The Kier molecular flexibility index (Phi) is 6.88. The summed E-state index contributed by atoms with van der Waals surface area (Å²) in [6.45, 7) is 2.72. The van der Waals surface area contributed by atoms with Gasteiger partial charge in [-0.05, 0) is 40.5 Å². The number of anilines is 1. The van der Waals surface area contributed by atoms with E-state index in [1.165, 1.54) is 5.56 Å². The molecule has 0 fully saturated rings. The standard InChI is InChI=1S/C15H15BrN2O.BrH/c1-12-6-9-18(10-7-12)11-8-15(19)17-14-5-3-2-4-13(14)16;/h2-7,9-10H,8,11H2,1H3;1H. The summed E-state index contributed by atoms with van der Waals surface area (Å²) in [6.07, 6.45) is 4.43. The molecule has 1 aromatic carbocycles.